The van der Waals surface area contributed by atoms with E-state index in [1.54, 1.807) is 4.90 Å². The summed E-state index contributed by atoms with van der Waals surface area (Å²) in [7, 11) is 0. The van der Waals surface area contributed by atoms with Crippen LogP contribution in [-0.2, 0) is 9.53 Å². The first kappa shape index (κ1) is 11.6. The van der Waals surface area contributed by atoms with E-state index >= 15 is 0 Å². The predicted molar refractivity (Wildman–Crippen MR) is 55.3 cm³/mol. The molecular weight excluding hydrogens is 196 g/mol. The largest absolute Gasteiger partial charge is 0.445 e. The predicted octanol–water partition coefficient (Wildman–Crippen LogP) is 0.519. The summed E-state index contributed by atoms with van der Waals surface area (Å²) in [6.07, 6.45) is 1.96. The van der Waals surface area contributed by atoms with Crippen LogP contribution < -0.4 is 5.32 Å². The molecule has 1 aliphatic rings. The smallest absolute Gasteiger partial charge is 0.410 e. The monoisotopic (exact) mass is 212 g/mol. The van der Waals surface area contributed by atoms with Crippen LogP contribution in [0.15, 0.2) is 12.7 Å². The van der Waals surface area contributed by atoms with Crippen molar-refractivity contribution in [2.75, 3.05) is 19.7 Å². The second kappa shape index (κ2) is 5.38. The number of amides is 2. The van der Waals surface area contributed by atoms with Crippen molar-refractivity contribution in [2.24, 2.45) is 0 Å². The molecule has 0 spiro atoms. The Morgan fingerprint density at radius 3 is 3.00 bits per heavy atom. The van der Waals surface area contributed by atoms with Gasteiger partial charge in [-0.15, -0.1) is 0 Å². The second-order valence-corrected chi connectivity index (χ2v) is 3.50. The number of rotatable bonds is 3. The normalized spacial score (nSPS) is 19.8. The average molecular weight is 212 g/mol. The Hall–Kier alpha value is -1.52. The molecule has 1 atom stereocenters. The zero-order valence-corrected chi connectivity index (χ0v) is 8.86. The summed E-state index contributed by atoms with van der Waals surface area (Å²) in [6.45, 7) is 6.30. The quantitative estimate of drug-likeness (QED) is 0.694. The van der Waals surface area contributed by atoms with Crippen LogP contribution in [0.3, 0.4) is 0 Å². The lowest BCUT2D eigenvalue weighted by Crippen LogP contribution is -2.37. The van der Waals surface area contributed by atoms with Gasteiger partial charge in [0.2, 0.25) is 5.91 Å². The van der Waals surface area contributed by atoms with Gasteiger partial charge in [0, 0.05) is 26.1 Å². The number of hydrogen-bond donors (Lipinski definition) is 1. The molecule has 84 valence electrons. The Morgan fingerprint density at radius 2 is 2.40 bits per heavy atom. The summed E-state index contributed by atoms with van der Waals surface area (Å²) >= 11 is 0. The number of nitrogens with zero attached hydrogens (tertiary/aromatic N) is 1. The van der Waals surface area contributed by atoms with Crippen LogP contribution in [0.1, 0.15) is 13.3 Å². The Kier molecular flexibility index (Phi) is 4.15. The molecule has 15 heavy (non-hydrogen) atoms. The van der Waals surface area contributed by atoms with Crippen LogP contribution in [0.4, 0.5) is 4.79 Å². The molecule has 0 bridgehead atoms. The summed E-state index contributed by atoms with van der Waals surface area (Å²) in [5.41, 5.74) is 0. The number of carbonyl (C=O) groups is 2. The lowest BCUT2D eigenvalue weighted by molar-refractivity contribution is -0.119. The zero-order valence-electron chi connectivity index (χ0n) is 8.86. The number of nitrogens with one attached hydrogen (secondary N) is 1. The minimum absolute atomic E-state index is 0.0544. The van der Waals surface area contributed by atoms with E-state index in [-0.39, 0.29) is 24.6 Å². The lowest BCUT2D eigenvalue weighted by Gasteiger charge is -2.15. The molecule has 1 N–H and O–H groups in total. The molecular formula is C10H16N2O3. The Balaban J connectivity index is 2.31. The fraction of sp³-hybridized carbons (Fsp3) is 0.600. The molecule has 0 aromatic carbocycles. The summed E-state index contributed by atoms with van der Waals surface area (Å²) in [6, 6.07) is 0.0544. The van der Waals surface area contributed by atoms with Gasteiger partial charge in [-0.2, -0.15) is 0 Å². The van der Waals surface area contributed by atoms with Gasteiger partial charge in [-0.3, -0.25) is 4.79 Å². The molecule has 0 aromatic heterocycles. The van der Waals surface area contributed by atoms with Gasteiger partial charge < -0.3 is 15.0 Å². The van der Waals surface area contributed by atoms with Crippen molar-refractivity contribution < 1.29 is 14.3 Å². The van der Waals surface area contributed by atoms with Crippen LogP contribution in [0.5, 0.6) is 0 Å². The van der Waals surface area contributed by atoms with Crippen molar-refractivity contribution in [3.05, 3.63) is 12.7 Å². The first-order chi connectivity index (χ1) is 7.13. The number of carbonyl (C=O) groups excluding carboxylic acids is 2. The van der Waals surface area contributed by atoms with Gasteiger partial charge in [-0.1, -0.05) is 12.7 Å². The SMILES string of the molecule is C=CCOC(=O)N1CCC(NC(C)=O)C1. The van der Waals surface area contributed by atoms with E-state index in [4.69, 9.17) is 4.74 Å². The summed E-state index contributed by atoms with van der Waals surface area (Å²) < 4.78 is 4.88. The highest BCUT2D eigenvalue weighted by atomic mass is 16.6. The first-order valence-corrected chi connectivity index (χ1v) is 4.93. The third kappa shape index (κ3) is 3.61. The minimum Gasteiger partial charge on any atom is -0.445 e. The van der Waals surface area contributed by atoms with Crippen molar-refractivity contribution >= 4 is 12.0 Å². The summed E-state index contributed by atoms with van der Waals surface area (Å²) in [5.74, 6) is -0.0682. The highest BCUT2D eigenvalue weighted by molar-refractivity contribution is 5.73. The van der Waals surface area contributed by atoms with Crippen LogP contribution in [0.2, 0.25) is 0 Å². The minimum atomic E-state index is -0.345. The molecule has 1 aliphatic heterocycles. The zero-order chi connectivity index (χ0) is 11.3. The van der Waals surface area contributed by atoms with Crippen molar-refractivity contribution in [3.8, 4) is 0 Å². The first-order valence-electron chi connectivity index (χ1n) is 4.93. The maximum atomic E-state index is 11.4. The fourth-order valence-corrected chi connectivity index (χ4v) is 1.55. The Labute approximate surface area is 89.1 Å². The molecule has 5 heteroatoms. The van der Waals surface area contributed by atoms with Crippen LogP contribution in [0.25, 0.3) is 0 Å². The third-order valence-electron chi connectivity index (χ3n) is 2.18. The van der Waals surface area contributed by atoms with Crippen molar-refractivity contribution in [1.82, 2.24) is 10.2 Å². The molecule has 0 saturated carbocycles. The van der Waals surface area contributed by atoms with E-state index in [0.29, 0.717) is 13.1 Å². The average Bonchev–Trinajstić information content (AvgIpc) is 2.61. The maximum absolute atomic E-state index is 11.4. The van der Waals surface area contributed by atoms with Crippen molar-refractivity contribution in [1.29, 1.82) is 0 Å². The van der Waals surface area contributed by atoms with E-state index in [1.807, 2.05) is 0 Å². The highest BCUT2D eigenvalue weighted by Gasteiger charge is 2.27. The van der Waals surface area contributed by atoms with Crippen LogP contribution in [-0.4, -0.2) is 42.6 Å². The highest BCUT2D eigenvalue weighted by Crippen LogP contribution is 2.10. The molecule has 0 aromatic rings. The third-order valence-corrected chi connectivity index (χ3v) is 2.18. The number of likely N-dealkylation sites (tertiary alicyclic amines) is 1. The van der Waals surface area contributed by atoms with Gasteiger partial charge in [-0.05, 0) is 6.42 Å². The molecule has 1 fully saturated rings. The molecule has 1 rings (SSSR count). The van der Waals surface area contributed by atoms with E-state index in [2.05, 4.69) is 11.9 Å². The Morgan fingerprint density at radius 1 is 1.67 bits per heavy atom. The van der Waals surface area contributed by atoms with E-state index < -0.39 is 0 Å². The summed E-state index contributed by atoms with van der Waals surface area (Å²) in [4.78, 5) is 23.8. The maximum Gasteiger partial charge on any atom is 0.410 e. The molecule has 1 saturated heterocycles. The fourth-order valence-electron chi connectivity index (χ4n) is 1.55. The Bertz CT molecular complexity index is 265. The van der Waals surface area contributed by atoms with E-state index in [0.717, 1.165) is 6.42 Å². The lowest BCUT2D eigenvalue weighted by atomic mass is 10.3. The second-order valence-electron chi connectivity index (χ2n) is 3.50. The van der Waals surface area contributed by atoms with Crippen molar-refractivity contribution in [2.45, 2.75) is 19.4 Å². The van der Waals surface area contributed by atoms with Gasteiger partial charge in [0.05, 0.1) is 0 Å². The van der Waals surface area contributed by atoms with Crippen LogP contribution in [0, 0.1) is 0 Å². The molecule has 0 aliphatic carbocycles. The molecule has 5 nitrogen and oxygen atoms in total. The van der Waals surface area contributed by atoms with Crippen molar-refractivity contribution in [3.63, 3.8) is 0 Å². The summed E-state index contributed by atoms with van der Waals surface area (Å²) in [5, 5.41) is 2.77. The van der Waals surface area contributed by atoms with Gasteiger partial charge in [0.15, 0.2) is 0 Å². The van der Waals surface area contributed by atoms with Gasteiger partial charge in [-0.25, -0.2) is 4.79 Å². The molecule has 0 radical (unpaired) electrons. The topological polar surface area (TPSA) is 58.6 Å². The number of ether oxygens (including phenoxy) is 1. The molecule has 1 heterocycles. The van der Waals surface area contributed by atoms with Gasteiger partial charge in [0.25, 0.3) is 0 Å². The van der Waals surface area contributed by atoms with Crippen LogP contribution >= 0.6 is 0 Å². The van der Waals surface area contributed by atoms with E-state index in [9.17, 15) is 9.59 Å². The van der Waals surface area contributed by atoms with E-state index in [1.165, 1.54) is 13.0 Å². The van der Waals surface area contributed by atoms with Gasteiger partial charge in [0.1, 0.15) is 6.61 Å². The molecule has 2 amide bonds. The number of hydrogen-bond acceptors (Lipinski definition) is 3. The molecule has 1 unspecified atom stereocenters. The van der Waals surface area contributed by atoms with Gasteiger partial charge >= 0.3 is 6.09 Å². The standard InChI is InChI=1S/C10H16N2O3/c1-3-6-15-10(14)12-5-4-9(7-12)11-8(2)13/h3,9H,1,4-7H2,2H3,(H,11,13).